The lowest BCUT2D eigenvalue weighted by Crippen LogP contribution is -2.18. The van der Waals surface area contributed by atoms with E-state index in [9.17, 15) is 18.0 Å². The number of alkyl halides is 3. The van der Waals surface area contributed by atoms with Crippen LogP contribution in [0.4, 0.5) is 13.2 Å². The van der Waals surface area contributed by atoms with Crippen LogP contribution in [0.1, 0.15) is 10.5 Å². The number of halogens is 3. The quantitative estimate of drug-likeness (QED) is 0.786. The first-order valence-electron chi connectivity index (χ1n) is 3.19. The Balaban J connectivity index is 2.79. The first kappa shape index (κ1) is 10.2. The van der Waals surface area contributed by atoms with Crippen molar-refractivity contribution in [2.45, 2.75) is 6.36 Å². The van der Waals surface area contributed by atoms with Gasteiger partial charge in [0.25, 0.3) is 0 Å². The lowest BCUT2D eigenvalue weighted by molar-refractivity contribution is -0.276. The first-order chi connectivity index (χ1) is 6.38. The van der Waals surface area contributed by atoms with E-state index in [4.69, 9.17) is 5.11 Å². The van der Waals surface area contributed by atoms with Gasteiger partial charge in [-0.25, -0.2) is 14.8 Å². The Hall–Kier alpha value is -1.86. The number of carboxylic acid groups (broad SMARTS) is 1. The van der Waals surface area contributed by atoms with Gasteiger partial charge in [0, 0.05) is 0 Å². The molecule has 1 aromatic rings. The minimum absolute atomic E-state index is 0.459. The molecule has 0 saturated heterocycles. The van der Waals surface area contributed by atoms with Crippen LogP contribution in [0, 0.1) is 0 Å². The van der Waals surface area contributed by atoms with Gasteiger partial charge in [-0.1, -0.05) is 0 Å². The lowest BCUT2D eigenvalue weighted by Gasteiger charge is -2.06. The van der Waals surface area contributed by atoms with Crippen LogP contribution in [0.5, 0.6) is 5.88 Å². The van der Waals surface area contributed by atoms with E-state index in [1.807, 2.05) is 0 Å². The zero-order valence-electron chi connectivity index (χ0n) is 6.45. The van der Waals surface area contributed by atoms with Crippen molar-refractivity contribution < 1.29 is 27.8 Å². The first-order valence-corrected chi connectivity index (χ1v) is 3.19. The SMILES string of the molecule is O=C(O)c1cnc(OC(F)(F)F)cn1. The minimum atomic E-state index is -4.86. The Kier molecular flexibility index (Phi) is 2.54. The van der Waals surface area contributed by atoms with Crippen molar-refractivity contribution in [1.29, 1.82) is 0 Å². The third-order valence-electron chi connectivity index (χ3n) is 1.07. The molecule has 0 aliphatic carbocycles. The predicted molar refractivity (Wildman–Crippen MR) is 35.7 cm³/mol. The Morgan fingerprint density at radius 1 is 1.36 bits per heavy atom. The summed E-state index contributed by atoms with van der Waals surface area (Å²) in [4.78, 5) is 16.5. The van der Waals surface area contributed by atoms with E-state index in [2.05, 4.69) is 14.7 Å². The van der Waals surface area contributed by atoms with Crippen LogP contribution in [0.25, 0.3) is 0 Å². The fourth-order valence-electron chi connectivity index (χ4n) is 0.598. The second kappa shape index (κ2) is 3.48. The van der Waals surface area contributed by atoms with Crippen molar-refractivity contribution in [3.63, 3.8) is 0 Å². The second-order valence-corrected chi connectivity index (χ2v) is 2.09. The van der Waals surface area contributed by atoms with Gasteiger partial charge in [0.05, 0.1) is 12.4 Å². The summed E-state index contributed by atoms with van der Waals surface area (Å²) in [5.41, 5.74) is -0.459. The zero-order valence-corrected chi connectivity index (χ0v) is 6.45. The average molecular weight is 208 g/mol. The Morgan fingerprint density at radius 3 is 2.36 bits per heavy atom. The van der Waals surface area contributed by atoms with E-state index in [0.29, 0.717) is 12.4 Å². The molecular formula is C6H3F3N2O3. The predicted octanol–water partition coefficient (Wildman–Crippen LogP) is 1.07. The van der Waals surface area contributed by atoms with E-state index in [-0.39, 0.29) is 0 Å². The van der Waals surface area contributed by atoms with Crippen LogP contribution in [0.3, 0.4) is 0 Å². The highest BCUT2D eigenvalue weighted by Crippen LogP contribution is 2.19. The summed E-state index contributed by atoms with van der Waals surface area (Å²) < 4.78 is 38.2. The maximum absolute atomic E-state index is 11.6. The van der Waals surface area contributed by atoms with E-state index in [0.717, 1.165) is 0 Å². The molecule has 1 heterocycles. The maximum Gasteiger partial charge on any atom is 0.574 e. The molecule has 0 spiro atoms. The Bertz CT molecular complexity index is 335. The number of rotatable bonds is 2. The third kappa shape index (κ3) is 2.88. The van der Waals surface area contributed by atoms with Gasteiger partial charge in [-0.2, -0.15) is 0 Å². The van der Waals surface area contributed by atoms with Crippen molar-refractivity contribution in [3.05, 3.63) is 18.1 Å². The highest BCUT2D eigenvalue weighted by molar-refractivity contribution is 5.84. The monoisotopic (exact) mass is 208 g/mol. The molecule has 0 radical (unpaired) electrons. The van der Waals surface area contributed by atoms with Crippen molar-refractivity contribution in [3.8, 4) is 5.88 Å². The smallest absolute Gasteiger partial charge is 0.476 e. The number of hydrogen-bond acceptors (Lipinski definition) is 4. The topological polar surface area (TPSA) is 72.3 Å². The van der Waals surface area contributed by atoms with Crippen LogP contribution in [-0.4, -0.2) is 27.4 Å². The van der Waals surface area contributed by atoms with Crippen LogP contribution < -0.4 is 4.74 Å². The summed E-state index contributed by atoms with van der Waals surface area (Å²) in [6.45, 7) is 0. The molecule has 0 saturated carbocycles. The molecule has 0 unspecified atom stereocenters. The van der Waals surface area contributed by atoms with E-state index in [1.54, 1.807) is 0 Å². The highest BCUT2D eigenvalue weighted by Gasteiger charge is 2.31. The van der Waals surface area contributed by atoms with Crippen molar-refractivity contribution in [2.75, 3.05) is 0 Å². The standard InChI is InChI=1S/C6H3F3N2O3/c7-6(8,9)14-4-2-10-3(1-11-4)5(12)13/h1-2H,(H,12,13). The van der Waals surface area contributed by atoms with Crippen molar-refractivity contribution in [2.24, 2.45) is 0 Å². The van der Waals surface area contributed by atoms with E-state index >= 15 is 0 Å². The van der Waals surface area contributed by atoms with Gasteiger partial charge in [0.1, 0.15) is 0 Å². The number of nitrogens with zero attached hydrogens (tertiary/aromatic N) is 2. The Morgan fingerprint density at radius 2 is 2.00 bits per heavy atom. The average Bonchev–Trinajstić information content (AvgIpc) is 2.02. The van der Waals surface area contributed by atoms with Crippen LogP contribution in [-0.2, 0) is 0 Å². The fourth-order valence-corrected chi connectivity index (χ4v) is 0.598. The molecule has 0 bridgehead atoms. The van der Waals surface area contributed by atoms with Gasteiger partial charge in [-0.05, 0) is 0 Å². The van der Waals surface area contributed by atoms with Gasteiger partial charge < -0.3 is 9.84 Å². The molecule has 0 aromatic carbocycles. The Labute approximate surface area is 75.2 Å². The van der Waals surface area contributed by atoms with Crippen molar-refractivity contribution >= 4 is 5.97 Å². The molecule has 0 aliphatic heterocycles. The molecule has 0 atom stereocenters. The summed E-state index contributed by atoms with van der Waals surface area (Å²) in [7, 11) is 0. The van der Waals surface area contributed by atoms with Gasteiger partial charge in [0.2, 0.25) is 5.88 Å². The zero-order chi connectivity index (χ0) is 10.8. The third-order valence-corrected chi connectivity index (χ3v) is 1.07. The highest BCUT2D eigenvalue weighted by atomic mass is 19.4. The molecule has 5 nitrogen and oxygen atoms in total. The molecule has 0 fully saturated rings. The molecule has 14 heavy (non-hydrogen) atoms. The fraction of sp³-hybridized carbons (Fsp3) is 0.167. The van der Waals surface area contributed by atoms with Crippen molar-refractivity contribution in [1.82, 2.24) is 9.97 Å². The summed E-state index contributed by atoms with van der Waals surface area (Å²) in [6, 6.07) is 0. The van der Waals surface area contributed by atoms with Crippen LogP contribution >= 0.6 is 0 Å². The van der Waals surface area contributed by atoms with Gasteiger partial charge >= 0.3 is 12.3 Å². The van der Waals surface area contributed by atoms with Gasteiger partial charge in [0.15, 0.2) is 5.69 Å². The molecule has 0 aliphatic rings. The molecule has 8 heteroatoms. The second-order valence-electron chi connectivity index (χ2n) is 2.09. The number of carboxylic acids is 1. The summed E-state index contributed by atoms with van der Waals surface area (Å²) in [6.07, 6.45) is -3.61. The molecule has 0 amide bonds. The lowest BCUT2D eigenvalue weighted by atomic mass is 10.5. The largest absolute Gasteiger partial charge is 0.574 e. The number of aromatic carboxylic acids is 1. The number of hydrogen-bond donors (Lipinski definition) is 1. The minimum Gasteiger partial charge on any atom is -0.476 e. The molecule has 1 N–H and O–H groups in total. The van der Waals surface area contributed by atoms with E-state index < -0.39 is 23.9 Å². The molecule has 76 valence electrons. The normalized spacial score (nSPS) is 11.1. The summed E-state index contributed by atoms with van der Waals surface area (Å²) in [5.74, 6) is -2.18. The van der Waals surface area contributed by atoms with Gasteiger partial charge in [-0.15, -0.1) is 13.2 Å². The number of carbonyl (C=O) groups is 1. The van der Waals surface area contributed by atoms with Crippen LogP contribution in [0.15, 0.2) is 12.4 Å². The summed E-state index contributed by atoms with van der Waals surface area (Å²) >= 11 is 0. The summed E-state index contributed by atoms with van der Waals surface area (Å²) in [5, 5.41) is 8.34. The molecule has 1 rings (SSSR count). The number of ether oxygens (including phenoxy) is 1. The molecular weight excluding hydrogens is 205 g/mol. The number of aromatic nitrogens is 2. The van der Waals surface area contributed by atoms with Crippen LogP contribution in [0.2, 0.25) is 0 Å². The van der Waals surface area contributed by atoms with E-state index in [1.165, 1.54) is 0 Å². The molecule has 1 aromatic heterocycles. The maximum atomic E-state index is 11.6. The van der Waals surface area contributed by atoms with Gasteiger partial charge in [-0.3, -0.25) is 0 Å².